The molecule has 0 heterocycles. The smallest absolute Gasteiger partial charge is 0.221 e. The Kier molecular flexibility index (Phi) is 5.81. The van der Waals surface area contributed by atoms with Crippen molar-refractivity contribution in [1.82, 2.24) is 5.32 Å². The molecular formula is C13H26N2O. The molecular weight excluding hydrogens is 200 g/mol. The van der Waals surface area contributed by atoms with Gasteiger partial charge in [0, 0.05) is 19.0 Å². The summed E-state index contributed by atoms with van der Waals surface area (Å²) in [7, 11) is 0. The number of rotatable bonds is 5. The third-order valence-electron chi connectivity index (χ3n) is 3.70. The zero-order valence-electron chi connectivity index (χ0n) is 10.7. The second-order valence-electron chi connectivity index (χ2n) is 5.30. The molecule has 0 saturated heterocycles. The molecule has 3 heteroatoms. The highest BCUT2D eigenvalue weighted by Crippen LogP contribution is 2.27. The van der Waals surface area contributed by atoms with Gasteiger partial charge in [0.15, 0.2) is 0 Å². The van der Waals surface area contributed by atoms with Crippen LogP contribution in [0, 0.1) is 11.8 Å². The molecule has 1 aliphatic rings. The Morgan fingerprint density at radius 1 is 1.38 bits per heavy atom. The second-order valence-corrected chi connectivity index (χ2v) is 5.30. The van der Waals surface area contributed by atoms with Gasteiger partial charge in [-0.05, 0) is 31.1 Å². The molecule has 0 radical (unpaired) electrons. The van der Waals surface area contributed by atoms with Gasteiger partial charge in [-0.25, -0.2) is 0 Å². The summed E-state index contributed by atoms with van der Waals surface area (Å²) in [6.45, 7) is 5.18. The SMILES string of the molecule is CCC(N)CC(=O)NCC1CCC(C)CC1. The highest BCUT2D eigenvalue weighted by atomic mass is 16.1. The van der Waals surface area contributed by atoms with E-state index in [0.717, 1.165) is 18.9 Å². The van der Waals surface area contributed by atoms with E-state index in [1.165, 1.54) is 25.7 Å². The minimum absolute atomic E-state index is 0.0198. The van der Waals surface area contributed by atoms with E-state index in [9.17, 15) is 4.79 Å². The molecule has 1 fully saturated rings. The fraction of sp³-hybridized carbons (Fsp3) is 0.923. The fourth-order valence-corrected chi connectivity index (χ4v) is 2.25. The second kappa shape index (κ2) is 6.89. The van der Waals surface area contributed by atoms with Crippen LogP contribution in [0.2, 0.25) is 0 Å². The summed E-state index contributed by atoms with van der Waals surface area (Å²) < 4.78 is 0. The minimum atomic E-state index is 0.0198. The first kappa shape index (κ1) is 13.5. The van der Waals surface area contributed by atoms with E-state index < -0.39 is 0 Å². The third kappa shape index (κ3) is 4.97. The van der Waals surface area contributed by atoms with Gasteiger partial charge in [-0.3, -0.25) is 4.79 Å². The van der Waals surface area contributed by atoms with Crippen molar-refractivity contribution in [3.05, 3.63) is 0 Å². The van der Waals surface area contributed by atoms with E-state index in [0.29, 0.717) is 12.3 Å². The van der Waals surface area contributed by atoms with E-state index in [1.54, 1.807) is 0 Å². The van der Waals surface area contributed by atoms with Crippen LogP contribution < -0.4 is 11.1 Å². The first-order chi connectivity index (χ1) is 7.61. The lowest BCUT2D eigenvalue weighted by atomic mass is 9.83. The van der Waals surface area contributed by atoms with Crippen LogP contribution in [-0.2, 0) is 4.79 Å². The Bertz CT molecular complexity index is 210. The largest absolute Gasteiger partial charge is 0.356 e. The molecule has 1 aliphatic carbocycles. The lowest BCUT2D eigenvalue weighted by molar-refractivity contribution is -0.121. The molecule has 1 atom stereocenters. The van der Waals surface area contributed by atoms with Gasteiger partial charge in [0.1, 0.15) is 0 Å². The first-order valence-electron chi connectivity index (χ1n) is 6.64. The Hall–Kier alpha value is -0.570. The van der Waals surface area contributed by atoms with Gasteiger partial charge in [-0.2, -0.15) is 0 Å². The zero-order valence-corrected chi connectivity index (χ0v) is 10.7. The number of carbonyl (C=O) groups is 1. The Morgan fingerprint density at radius 3 is 2.56 bits per heavy atom. The Morgan fingerprint density at radius 2 is 2.00 bits per heavy atom. The molecule has 1 unspecified atom stereocenters. The third-order valence-corrected chi connectivity index (χ3v) is 3.70. The Balaban J connectivity index is 2.12. The van der Waals surface area contributed by atoms with Crippen LogP contribution >= 0.6 is 0 Å². The fourth-order valence-electron chi connectivity index (χ4n) is 2.25. The van der Waals surface area contributed by atoms with E-state index in [1.807, 2.05) is 6.92 Å². The van der Waals surface area contributed by atoms with E-state index in [2.05, 4.69) is 12.2 Å². The molecule has 1 saturated carbocycles. The molecule has 0 spiro atoms. The van der Waals surface area contributed by atoms with Crippen molar-refractivity contribution in [3.8, 4) is 0 Å². The monoisotopic (exact) mass is 226 g/mol. The molecule has 1 amide bonds. The quantitative estimate of drug-likeness (QED) is 0.754. The molecule has 0 aromatic carbocycles. The predicted molar refractivity (Wildman–Crippen MR) is 67.0 cm³/mol. The number of amides is 1. The van der Waals surface area contributed by atoms with Gasteiger partial charge in [0.2, 0.25) is 5.91 Å². The normalized spacial score (nSPS) is 27.4. The van der Waals surface area contributed by atoms with Gasteiger partial charge in [0.25, 0.3) is 0 Å². The van der Waals surface area contributed by atoms with Crippen molar-refractivity contribution < 1.29 is 4.79 Å². The van der Waals surface area contributed by atoms with Gasteiger partial charge < -0.3 is 11.1 Å². The van der Waals surface area contributed by atoms with E-state index in [4.69, 9.17) is 5.73 Å². The molecule has 94 valence electrons. The summed E-state index contributed by atoms with van der Waals surface area (Å²) in [6, 6.07) is 0.0198. The van der Waals surface area contributed by atoms with Crippen LogP contribution in [-0.4, -0.2) is 18.5 Å². The summed E-state index contributed by atoms with van der Waals surface area (Å²) in [5, 5.41) is 3.01. The number of nitrogens with one attached hydrogen (secondary N) is 1. The molecule has 0 bridgehead atoms. The Labute approximate surface area is 99.2 Å². The summed E-state index contributed by atoms with van der Waals surface area (Å²) in [5.41, 5.74) is 5.74. The molecule has 0 aromatic rings. The van der Waals surface area contributed by atoms with Gasteiger partial charge in [-0.15, -0.1) is 0 Å². The van der Waals surface area contributed by atoms with Gasteiger partial charge in [0.05, 0.1) is 0 Å². The van der Waals surface area contributed by atoms with Crippen molar-refractivity contribution in [2.24, 2.45) is 17.6 Å². The average molecular weight is 226 g/mol. The highest BCUT2D eigenvalue weighted by molar-refractivity contribution is 5.76. The summed E-state index contributed by atoms with van der Waals surface area (Å²) in [4.78, 5) is 11.5. The summed E-state index contributed by atoms with van der Waals surface area (Å²) in [6.07, 6.45) is 6.50. The molecule has 3 N–H and O–H groups in total. The van der Waals surface area contributed by atoms with Crippen LogP contribution in [0.1, 0.15) is 52.4 Å². The van der Waals surface area contributed by atoms with Crippen molar-refractivity contribution in [3.63, 3.8) is 0 Å². The zero-order chi connectivity index (χ0) is 12.0. The molecule has 0 aliphatic heterocycles. The highest BCUT2D eigenvalue weighted by Gasteiger charge is 2.18. The lowest BCUT2D eigenvalue weighted by Gasteiger charge is -2.26. The number of hydrogen-bond acceptors (Lipinski definition) is 2. The van der Waals surface area contributed by atoms with E-state index >= 15 is 0 Å². The summed E-state index contributed by atoms with van der Waals surface area (Å²) in [5.74, 6) is 1.69. The predicted octanol–water partition coefficient (Wildman–Crippen LogP) is 2.06. The number of nitrogens with two attached hydrogens (primary N) is 1. The van der Waals surface area contributed by atoms with Gasteiger partial charge in [-0.1, -0.05) is 26.7 Å². The standard InChI is InChI=1S/C13H26N2O/c1-3-12(14)8-13(16)15-9-11-6-4-10(2)5-7-11/h10-12H,3-9,14H2,1-2H3,(H,15,16). The van der Waals surface area contributed by atoms with Crippen LogP contribution in [0.25, 0.3) is 0 Å². The van der Waals surface area contributed by atoms with Crippen LogP contribution in [0.5, 0.6) is 0 Å². The summed E-state index contributed by atoms with van der Waals surface area (Å²) >= 11 is 0. The maximum Gasteiger partial charge on any atom is 0.221 e. The van der Waals surface area contributed by atoms with Crippen molar-refractivity contribution in [1.29, 1.82) is 0 Å². The molecule has 1 rings (SSSR count). The van der Waals surface area contributed by atoms with Crippen LogP contribution in [0.4, 0.5) is 0 Å². The van der Waals surface area contributed by atoms with Crippen molar-refractivity contribution in [2.75, 3.05) is 6.54 Å². The molecule has 16 heavy (non-hydrogen) atoms. The van der Waals surface area contributed by atoms with Crippen molar-refractivity contribution in [2.45, 2.75) is 58.4 Å². The number of carbonyl (C=O) groups excluding carboxylic acids is 1. The maximum atomic E-state index is 11.5. The number of hydrogen-bond donors (Lipinski definition) is 2. The van der Waals surface area contributed by atoms with Gasteiger partial charge >= 0.3 is 0 Å². The average Bonchev–Trinajstić information content (AvgIpc) is 2.28. The molecule has 0 aromatic heterocycles. The van der Waals surface area contributed by atoms with Crippen LogP contribution in [0.3, 0.4) is 0 Å². The first-order valence-corrected chi connectivity index (χ1v) is 6.64. The maximum absolute atomic E-state index is 11.5. The lowest BCUT2D eigenvalue weighted by Crippen LogP contribution is -2.35. The van der Waals surface area contributed by atoms with Crippen molar-refractivity contribution >= 4 is 5.91 Å². The topological polar surface area (TPSA) is 55.1 Å². The minimum Gasteiger partial charge on any atom is -0.356 e. The van der Waals surface area contributed by atoms with Crippen LogP contribution in [0.15, 0.2) is 0 Å². The van der Waals surface area contributed by atoms with E-state index in [-0.39, 0.29) is 11.9 Å². The molecule has 3 nitrogen and oxygen atoms in total.